The number of carbonyl (C=O) groups is 1. The number of hydrogen-bond acceptors (Lipinski definition) is 3. The molecule has 1 aromatic carbocycles. The second-order valence-corrected chi connectivity index (χ2v) is 5.36. The molecule has 4 nitrogen and oxygen atoms in total. The average Bonchev–Trinajstić information content (AvgIpc) is 2.45. The number of aromatic nitrogens is 1. The first-order valence-electron chi connectivity index (χ1n) is 6.87. The Bertz CT molecular complexity index is 591. The standard InChI is InChI=1S/C16H20N2O2/c1-11(2)9-13(10-19)18-16(20)14-7-3-5-12-6-4-8-17-15(12)14/h3-8,11,13,19H,9-10H2,1-2H3,(H,18,20). The third-order valence-corrected chi connectivity index (χ3v) is 3.19. The van der Waals surface area contributed by atoms with Crippen LogP contribution in [0.5, 0.6) is 0 Å². The van der Waals surface area contributed by atoms with Gasteiger partial charge in [-0.3, -0.25) is 9.78 Å². The van der Waals surface area contributed by atoms with Gasteiger partial charge in [0.15, 0.2) is 0 Å². The number of aliphatic hydroxyl groups is 1. The fourth-order valence-electron chi connectivity index (χ4n) is 2.30. The third-order valence-electron chi connectivity index (χ3n) is 3.19. The van der Waals surface area contributed by atoms with Gasteiger partial charge < -0.3 is 10.4 Å². The van der Waals surface area contributed by atoms with Crippen molar-refractivity contribution < 1.29 is 9.90 Å². The maximum absolute atomic E-state index is 12.3. The molecule has 0 spiro atoms. The van der Waals surface area contributed by atoms with E-state index in [2.05, 4.69) is 24.1 Å². The highest BCUT2D eigenvalue weighted by atomic mass is 16.3. The van der Waals surface area contributed by atoms with Crippen molar-refractivity contribution in [2.24, 2.45) is 5.92 Å². The van der Waals surface area contributed by atoms with E-state index in [4.69, 9.17) is 0 Å². The van der Waals surface area contributed by atoms with Crippen molar-refractivity contribution >= 4 is 16.8 Å². The maximum Gasteiger partial charge on any atom is 0.253 e. The lowest BCUT2D eigenvalue weighted by Crippen LogP contribution is -2.38. The molecular weight excluding hydrogens is 252 g/mol. The van der Waals surface area contributed by atoms with Gasteiger partial charge in [0.05, 0.1) is 23.7 Å². The minimum Gasteiger partial charge on any atom is -0.394 e. The first-order chi connectivity index (χ1) is 9.61. The summed E-state index contributed by atoms with van der Waals surface area (Å²) in [5.74, 6) is 0.229. The molecule has 4 heteroatoms. The normalized spacial score (nSPS) is 12.6. The van der Waals surface area contributed by atoms with Gasteiger partial charge in [0.2, 0.25) is 0 Å². The zero-order chi connectivity index (χ0) is 14.5. The number of carbonyl (C=O) groups excluding carboxylic acids is 1. The van der Waals surface area contributed by atoms with Crippen LogP contribution >= 0.6 is 0 Å². The Morgan fingerprint density at radius 2 is 2.05 bits per heavy atom. The molecule has 0 radical (unpaired) electrons. The molecule has 0 saturated heterocycles. The van der Waals surface area contributed by atoms with Crippen LogP contribution in [0.4, 0.5) is 0 Å². The zero-order valence-corrected chi connectivity index (χ0v) is 11.8. The van der Waals surface area contributed by atoms with E-state index >= 15 is 0 Å². The number of para-hydroxylation sites is 1. The predicted octanol–water partition coefficient (Wildman–Crippen LogP) is 2.37. The number of aliphatic hydroxyl groups excluding tert-OH is 1. The molecule has 1 unspecified atom stereocenters. The Kier molecular flexibility index (Phi) is 4.69. The summed E-state index contributed by atoms with van der Waals surface area (Å²) in [6.07, 6.45) is 2.43. The molecule has 1 amide bonds. The fraction of sp³-hybridized carbons (Fsp3) is 0.375. The number of benzene rings is 1. The van der Waals surface area contributed by atoms with E-state index in [0.29, 0.717) is 17.0 Å². The second-order valence-electron chi connectivity index (χ2n) is 5.36. The second kappa shape index (κ2) is 6.48. The largest absolute Gasteiger partial charge is 0.394 e. The van der Waals surface area contributed by atoms with Gasteiger partial charge in [-0.25, -0.2) is 0 Å². The summed E-state index contributed by atoms with van der Waals surface area (Å²) in [6, 6.07) is 9.08. The lowest BCUT2D eigenvalue weighted by Gasteiger charge is -2.18. The number of fused-ring (bicyclic) bond motifs is 1. The third kappa shape index (κ3) is 3.33. The number of nitrogens with one attached hydrogen (secondary N) is 1. The van der Waals surface area contributed by atoms with Crippen LogP contribution < -0.4 is 5.32 Å². The van der Waals surface area contributed by atoms with E-state index in [9.17, 15) is 9.90 Å². The number of rotatable bonds is 5. The van der Waals surface area contributed by atoms with Gasteiger partial charge in [-0.15, -0.1) is 0 Å². The van der Waals surface area contributed by atoms with Gasteiger partial charge in [0.25, 0.3) is 5.91 Å². The van der Waals surface area contributed by atoms with Crippen molar-refractivity contribution in [1.29, 1.82) is 0 Å². The quantitative estimate of drug-likeness (QED) is 0.878. The summed E-state index contributed by atoms with van der Waals surface area (Å²) in [5.41, 5.74) is 1.24. The van der Waals surface area contributed by atoms with Crippen LogP contribution in [0, 0.1) is 5.92 Å². The van der Waals surface area contributed by atoms with Crippen LogP contribution in [0.3, 0.4) is 0 Å². The van der Waals surface area contributed by atoms with Crippen molar-refractivity contribution in [1.82, 2.24) is 10.3 Å². The van der Waals surface area contributed by atoms with Crippen LogP contribution in [0.15, 0.2) is 36.5 Å². The van der Waals surface area contributed by atoms with E-state index in [-0.39, 0.29) is 18.6 Å². The zero-order valence-electron chi connectivity index (χ0n) is 11.8. The van der Waals surface area contributed by atoms with Gasteiger partial charge in [-0.1, -0.05) is 32.0 Å². The van der Waals surface area contributed by atoms with Crippen molar-refractivity contribution in [2.75, 3.05) is 6.61 Å². The number of nitrogens with zero attached hydrogens (tertiary/aromatic N) is 1. The van der Waals surface area contributed by atoms with E-state index < -0.39 is 0 Å². The molecule has 2 N–H and O–H groups in total. The topological polar surface area (TPSA) is 62.2 Å². The molecule has 106 valence electrons. The Morgan fingerprint density at radius 3 is 2.75 bits per heavy atom. The lowest BCUT2D eigenvalue weighted by molar-refractivity contribution is 0.0910. The molecule has 2 aromatic rings. The molecule has 2 rings (SSSR count). The predicted molar refractivity (Wildman–Crippen MR) is 79.5 cm³/mol. The molecule has 0 aliphatic heterocycles. The highest BCUT2D eigenvalue weighted by molar-refractivity contribution is 6.05. The molecule has 0 saturated carbocycles. The molecular formula is C16H20N2O2. The Balaban J connectivity index is 2.23. The summed E-state index contributed by atoms with van der Waals surface area (Å²) < 4.78 is 0. The van der Waals surface area contributed by atoms with Crippen molar-refractivity contribution in [3.63, 3.8) is 0 Å². The first-order valence-corrected chi connectivity index (χ1v) is 6.87. The van der Waals surface area contributed by atoms with E-state index in [1.165, 1.54) is 0 Å². The molecule has 1 atom stereocenters. The smallest absolute Gasteiger partial charge is 0.253 e. The molecule has 0 aliphatic carbocycles. The molecule has 20 heavy (non-hydrogen) atoms. The van der Waals surface area contributed by atoms with Crippen LogP contribution in [0.2, 0.25) is 0 Å². The molecule has 0 bridgehead atoms. The van der Waals surface area contributed by atoms with Gasteiger partial charge >= 0.3 is 0 Å². The van der Waals surface area contributed by atoms with Crippen LogP contribution in [0.1, 0.15) is 30.6 Å². The molecule has 0 fully saturated rings. The van der Waals surface area contributed by atoms with Crippen molar-refractivity contribution in [3.05, 3.63) is 42.1 Å². The van der Waals surface area contributed by atoms with E-state index in [1.54, 1.807) is 12.3 Å². The highest BCUT2D eigenvalue weighted by Gasteiger charge is 2.16. The summed E-state index contributed by atoms with van der Waals surface area (Å²) in [5, 5.41) is 13.2. The van der Waals surface area contributed by atoms with Crippen LogP contribution in [0.25, 0.3) is 10.9 Å². The summed E-state index contributed by atoms with van der Waals surface area (Å²) in [6.45, 7) is 4.07. The van der Waals surface area contributed by atoms with Crippen molar-refractivity contribution in [2.45, 2.75) is 26.3 Å². The Morgan fingerprint density at radius 1 is 1.30 bits per heavy atom. The fourth-order valence-corrected chi connectivity index (χ4v) is 2.30. The number of pyridine rings is 1. The van der Waals surface area contributed by atoms with Gasteiger partial charge in [0.1, 0.15) is 0 Å². The summed E-state index contributed by atoms with van der Waals surface area (Å²) >= 11 is 0. The average molecular weight is 272 g/mol. The Hall–Kier alpha value is -1.94. The number of hydrogen-bond donors (Lipinski definition) is 2. The van der Waals surface area contributed by atoms with Crippen molar-refractivity contribution in [3.8, 4) is 0 Å². The first kappa shape index (κ1) is 14.5. The molecule has 0 aliphatic rings. The number of amides is 1. The van der Waals surface area contributed by atoms with Gasteiger partial charge in [0, 0.05) is 11.6 Å². The summed E-state index contributed by atoms with van der Waals surface area (Å²) in [4.78, 5) is 16.6. The monoisotopic (exact) mass is 272 g/mol. The maximum atomic E-state index is 12.3. The SMILES string of the molecule is CC(C)CC(CO)NC(=O)c1cccc2cccnc12. The Labute approximate surface area is 118 Å². The molecule has 1 heterocycles. The van der Waals surface area contributed by atoms with Crippen LogP contribution in [-0.4, -0.2) is 28.6 Å². The van der Waals surface area contributed by atoms with E-state index in [1.807, 2.05) is 24.3 Å². The van der Waals surface area contributed by atoms with Gasteiger partial charge in [-0.05, 0) is 24.5 Å². The van der Waals surface area contributed by atoms with Crippen LogP contribution in [-0.2, 0) is 0 Å². The minimum absolute atomic E-state index is 0.0535. The minimum atomic E-state index is -0.221. The van der Waals surface area contributed by atoms with E-state index in [0.717, 1.165) is 11.8 Å². The highest BCUT2D eigenvalue weighted by Crippen LogP contribution is 2.16. The molecule has 1 aromatic heterocycles. The summed E-state index contributed by atoms with van der Waals surface area (Å²) in [7, 11) is 0. The lowest BCUT2D eigenvalue weighted by atomic mass is 10.0. The van der Waals surface area contributed by atoms with Gasteiger partial charge in [-0.2, -0.15) is 0 Å².